The maximum Gasteiger partial charge on any atom is 0.231 e. The molecule has 1 saturated heterocycles. The fraction of sp³-hybridized carbons (Fsp3) is 0.278. The van der Waals surface area contributed by atoms with Crippen molar-refractivity contribution in [3.05, 3.63) is 60.2 Å². The molecule has 1 aliphatic rings. The van der Waals surface area contributed by atoms with Gasteiger partial charge in [-0.1, -0.05) is 11.2 Å². The number of nitrogens with zero attached hydrogens (tertiary/aromatic N) is 3. The molecule has 0 aliphatic carbocycles. The van der Waals surface area contributed by atoms with E-state index in [1.54, 1.807) is 12.4 Å². The molecule has 1 N–H and O–H groups in total. The van der Waals surface area contributed by atoms with Gasteiger partial charge < -0.3 is 14.6 Å². The van der Waals surface area contributed by atoms with Crippen LogP contribution in [0.4, 0.5) is 0 Å². The van der Waals surface area contributed by atoms with Crippen LogP contribution in [0.1, 0.15) is 23.8 Å². The average Bonchev–Trinajstić information content (AvgIpc) is 3.33. The van der Waals surface area contributed by atoms with Gasteiger partial charge in [0.15, 0.2) is 0 Å². The number of ether oxygens (including phenoxy) is 1. The highest BCUT2D eigenvalue weighted by Crippen LogP contribution is 2.25. The van der Waals surface area contributed by atoms with Gasteiger partial charge in [0.2, 0.25) is 11.7 Å². The van der Waals surface area contributed by atoms with E-state index in [2.05, 4.69) is 20.4 Å². The monoisotopic (exact) mass is 322 g/mol. The first-order valence-electron chi connectivity index (χ1n) is 8.05. The van der Waals surface area contributed by atoms with E-state index in [1.165, 1.54) is 0 Å². The van der Waals surface area contributed by atoms with Crippen LogP contribution in [-0.4, -0.2) is 28.2 Å². The Bertz CT molecular complexity index is 780. The zero-order valence-electron chi connectivity index (χ0n) is 13.2. The highest BCUT2D eigenvalue weighted by Gasteiger charge is 2.22. The van der Waals surface area contributed by atoms with E-state index >= 15 is 0 Å². The van der Waals surface area contributed by atoms with Gasteiger partial charge in [0.25, 0.3) is 0 Å². The van der Waals surface area contributed by atoms with Crippen molar-refractivity contribution in [2.24, 2.45) is 0 Å². The van der Waals surface area contributed by atoms with Crippen LogP contribution in [0, 0.1) is 0 Å². The largest absolute Gasteiger partial charge is 0.489 e. The molecule has 0 bridgehead atoms. The quantitative estimate of drug-likeness (QED) is 0.779. The van der Waals surface area contributed by atoms with Crippen LogP contribution in [0.2, 0.25) is 0 Å². The molecule has 1 fully saturated rings. The third-order valence-corrected chi connectivity index (χ3v) is 4.09. The first-order chi connectivity index (χ1) is 11.9. The normalized spacial score (nSPS) is 17.1. The van der Waals surface area contributed by atoms with Gasteiger partial charge in [0.05, 0.1) is 5.92 Å². The SMILES string of the molecule is c1cncc(COc2ccc(-c3noc([C@@H]4CCNC4)n3)cc2)c1. The molecule has 3 heterocycles. The fourth-order valence-corrected chi connectivity index (χ4v) is 2.73. The number of aromatic nitrogens is 3. The van der Waals surface area contributed by atoms with Gasteiger partial charge in [-0.2, -0.15) is 4.98 Å². The van der Waals surface area contributed by atoms with Crippen molar-refractivity contribution in [1.29, 1.82) is 0 Å². The van der Waals surface area contributed by atoms with Crippen LogP contribution in [0.3, 0.4) is 0 Å². The maximum atomic E-state index is 5.76. The van der Waals surface area contributed by atoms with Gasteiger partial charge in [0.1, 0.15) is 12.4 Å². The number of rotatable bonds is 5. The molecule has 1 aromatic carbocycles. The fourth-order valence-electron chi connectivity index (χ4n) is 2.73. The molecule has 1 atom stereocenters. The van der Waals surface area contributed by atoms with Gasteiger partial charge in [-0.25, -0.2) is 0 Å². The molecule has 1 aliphatic heterocycles. The summed E-state index contributed by atoms with van der Waals surface area (Å²) in [6, 6.07) is 11.6. The van der Waals surface area contributed by atoms with Crippen molar-refractivity contribution >= 4 is 0 Å². The summed E-state index contributed by atoms with van der Waals surface area (Å²) in [5, 5.41) is 7.40. The van der Waals surface area contributed by atoms with Crippen molar-refractivity contribution in [2.45, 2.75) is 18.9 Å². The summed E-state index contributed by atoms with van der Waals surface area (Å²) in [5.41, 5.74) is 1.96. The highest BCUT2D eigenvalue weighted by atomic mass is 16.5. The topological polar surface area (TPSA) is 73.1 Å². The van der Waals surface area contributed by atoms with Crippen LogP contribution in [0.25, 0.3) is 11.4 Å². The zero-order valence-corrected chi connectivity index (χ0v) is 13.2. The lowest BCUT2D eigenvalue weighted by Crippen LogP contribution is -2.08. The third-order valence-electron chi connectivity index (χ3n) is 4.09. The molecular formula is C18H18N4O2. The van der Waals surface area contributed by atoms with E-state index in [9.17, 15) is 0 Å². The van der Waals surface area contributed by atoms with E-state index < -0.39 is 0 Å². The highest BCUT2D eigenvalue weighted by molar-refractivity contribution is 5.55. The minimum Gasteiger partial charge on any atom is -0.489 e. The van der Waals surface area contributed by atoms with Crippen LogP contribution in [0.5, 0.6) is 5.75 Å². The van der Waals surface area contributed by atoms with Crippen molar-refractivity contribution in [2.75, 3.05) is 13.1 Å². The molecule has 2 aromatic heterocycles. The minimum absolute atomic E-state index is 0.327. The van der Waals surface area contributed by atoms with E-state index in [0.717, 1.165) is 36.4 Å². The zero-order chi connectivity index (χ0) is 16.2. The molecule has 4 rings (SSSR count). The van der Waals surface area contributed by atoms with Crippen molar-refractivity contribution in [3.63, 3.8) is 0 Å². The first kappa shape index (κ1) is 14.8. The summed E-state index contributed by atoms with van der Waals surface area (Å²) >= 11 is 0. The summed E-state index contributed by atoms with van der Waals surface area (Å²) in [7, 11) is 0. The predicted molar refractivity (Wildman–Crippen MR) is 88.5 cm³/mol. The summed E-state index contributed by atoms with van der Waals surface area (Å²) in [5.74, 6) is 2.46. The second-order valence-corrected chi connectivity index (χ2v) is 5.82. The van der Waals surface area contributed by atoms with E-state index in [4.69, 9.17) is 9.26 Å². The lowest BCUT2D eigenvalue weighted by atomic mass is 10.1. The molecule has 0 amide bonds. The van der Waals surface area contributed by atoms with Crippen LogP contribution < -0.4 is 10.1 Å². The molecule has 0 radical (unpaired) electrons. The van der Waals surface area contributed by atoms with E-state index in [-0.39, 0.29) is 0 Å². The summed E-state index contributed by atoms with van der Waals surface area (Å²) in [4.78, 5) is 8.59. The number of pyridine rings is 1. The predicted octanol–water partition coefficient (Wildman–Crippen LogP) is 2.79. The smallest absolute Gasteiger partial charge is 0.231 e. The molecule has 24 heavy (non-hydrogen) atoms. The molecule has 0 unspecified atom stereocenters. The Hall–Kier alpha value is -2.73. The second kappa shape index (κ2) is 6.80. The van der Waals surface area contributed by atoms with Gasteiger partial charge >= 0.3 is 0 Å². The standard InChI is InChI=1S/C18H18N4O2/c1-2-13(10-19-8-1)12-23-16-5-3-14(4-6-16)17-21-18(24-22-17)15-7-9-20-11-15/h1-6,8,10,15,20H,7,9,11-12H2/t15-/m1/s1. The number of hydrogen-bond donors (Lipinski definition) is 1. The Morgan fingerprint density at radius 2 is 2.12 bits per heavy atom. The molecule has 0 spiro atoms. The number of nitrogens with one attached hydrogen (secondary N) is 1. The molecule has 0 saturated carbocycles. The summed E-state index contributed by atoms with van der Waals surface area (Å²) in [6.07, 6.45) is 4.59. The van der Waals surface area contributed by atoms with Crippen LogP contribution in [-0.2, 0) is 6.61 Å². The van der Waals surface area contributed by atoms with Gasteiger partial charge in [0, 0.05) is 30.1 Å². The lowest BCUT2D eigenvalue weighted by molar-refractivity contribution is 0.306. The van der Waals surface area contributed by atoms with Crippen molar-refractivity contribution < 1.29 is 9.26 Å². The van der Waals surface area contributed by atoms with E-state index in [0.29, 0.717) is 24.2 Å². The van der Waals surface area contributed by atoms with E-state index in [1.807, 2.05) is 36.4 Å². The Morgan fingerprint density at radius 1 is 1.21 bits per heavy atom. The minimum atomic E-state index is 0.327. The van der Waals surface area contributed by atoms with Gasteiger partial charge in [-0.15, -0.1) is 0 Å². The number of hydrogen-bond acceptors (Lipinski definition) is 6. The molecular weight excluding hydrogens is 304 g/mol. The molecule has 3 aromatic rings. The van der Waals surface area contributed by atoms with Crippen LogP contribution in [0.15, 0.2) is 53.3 Å². The second-order valence-electron chi connectivity index (χ2n) is 5.82. The van der Waals surface area contributed by atoms with Gasteiger partial charge in [-0.05, 0) is 43.3 Å². The molecule has 6 nitrogen and oxygen atoms in total. The van der Waals surface area contributed by atoms with Crippen molar-refractivity contribution in [1.82, 2.24) is 20.4 Å². The Kier molecular flexibility index (Phi) is 4.20. The Balaban J connectivity index is 1.42. The van der Waals surface area contributed by atoms with Crippen molar-refractivity contribution in [3.8, 4) is 17.1 Å². The average molecular weight is 322 g/mol. The lowest BCUT2D eigenvalue weighted by Gasteiger charge is -2.06. The molecule has 122 valence electrons. The molecule has 6 heteroatoms. The Morgan fingerprint density at radius 3 is 2.88 bits per heavy atom. The first-order valence-corrected chi connectivity index (χ1v) is 8.05. The maximum absolute atomic E-state index is 5.76. The Labute approximate surface area is 139 Å². The number of benzene rings is 1. The van der Waals surface area contributed by atoms with Crippen LogP contribution >= 0.6 is 0 Å². The van der Waals surface area contributed by atoms with Gasteiger partial charge in [-0.3, -0.25) is 4.98 Å². The third kappa shape index (κ3) is 3.28. The summed E-state index contributed by atoms with van der Waals surface area (Å²) < 4.78 is 11.2. The summed E-state index contributed by atoms with van der Waals surface area (Å²) in [6.45, 7) is 2.41.